The predicted octanol–water partition coefficient (Wildman–Crippen LogP) is 2.71. The van der Waals surface area contributed by atoms with Gasteiger partial charge in [0.05, 0.1) is 0 Å². The monoisotopic (exact) mass is 132 g/mol. The van der Waals surface area contributed by atoms with Gasteiger partial charge in [0.25, 0.3) is 0 Å². The summed E-state index contributed by atoms with van der Waals surface area (Å²) in [4.78, 5) is 0. The Morgan fingerprint density at radius 1 is 1.43 bits per heavy atom. The molecule has 0 bridgehead atoms. The molecule has 0 fully saturated rings. The van der Waals surface area contributed by atoms with E-state index < -0.39 is 0 Å². The number of allylic oxidation sites excluding steroid dienone is 3. The van der Waals surface area contributed by atoms with Crippen molar-refractivity contribution in [3.05, 3.63) is 24.0 Å². The van der Waals surface area contributed by atoms with Crippen LogP contribution in [0.2, 0.25) is 0 Å². The molecule has 1 aliphatic heterocycles. The van der Waals surface area contributed by atoms with Crippen molar-refractivity contribution in [2.75, 3.05) is 6.16 Å². The summed E-state index contributed by atoms with van der Waals surface area (Å²) < 4.78 is 0. The van der Waals surface area contributed by atoms with E-state index in [9.17, 15) is 0 Å². The van der Waals surface area contributed by atoms with E-state index >= 15 is 0 Å². The van der Waals surface area contributed by atoms with E-state index in [0.717, 1.165) is 6.16 Å². The molecule has 0 aliphatic carbocycles. The van der Waals surface area contributed by atoms with E-state index in [1.807, 2.05) is 12.2 Å². The van der Waals surface area contributed by atoms with Gasteiger partial charge in [0.1, 0.15) is 0 Å². The average Bonchev–Trinajstić information content (AvgIpc) is 1.69. The van der Waals surface area contributed by atoms with Crippen LogP contribution in [0, 0.1) is 0 Å². The third kappa shape index (κ3) is 1.63. The summed E-state index contributed by atoms with van der Waals surface area (Å²) in [5, 5.41) is 0. The standard InChI is InChI=1S/C5H6ClP/c6-7-4-2-1-3-5-7/h1-4H,5H2. The first-order valence-electron chi connectivity index (χ1n) is 2.15. The smallest absolute Gasteiger partial charge is 0.0177 e. The topological polar surface area (TPSA) is 0 Å². The highest BCUT2D eigenvalue weighted by Gasteiger charge is 1.95. The highest BCUT2D eigenvalue weighted by Crippen LogP contribution is 2.43. The van der Waals surface area contributed by atoms with Crippen LogP contribution in [0.5, 0.6) is 0 Å². The molecule has 1 atom stereocenters. The molecule has 0 spiro atoms. The lowest BCUT2D eigenvalue weighted by molar-refractivity contribution is 1.72. The molecule has 0 saturated heterocycles. The third-order valence-corrected chi connectivity index (χ3v) is 2.58. The molecule has 0 radical (unpaired) electrons. The van der Waals surface area contributed by atoms with E-state index in [4.69, 9.17) is 11.2 Å². The zero-order valence-electron chi connectivity index (χ0n) is 3.84. The molecule has 0 aromatic heterocycles. The van der Waals surface area contributed by atoms with Gasteiger partial charge in [-0.15, -0.1) is 0 Å². The summed E-state index contributed by atoms with van der Waals surface area (Å²) in [6.07, 6.45) is 7.18. The zero-order chi connectivity index (χ0) is 5.11. The van der Waals surface area contributed by atoms with Crippen molar-refractivity contribution in [1.29, 1.82) is 0 Å². The van der Waals surface area contributed by atoms with E-state index in [1.54, 1.807) is 0 Å². The largest absolute Gasteiger partial charge is 0.0915 e. The molecule has 2 heteroatoms. The van der Waals surface area contributed by atoms with Crippen molar-refractivity contribution in [2.24, 2.45) is 0 Å². The maximum atomic E-state index is 5.74. The van der Waals surface area contributed by atoms with Crippen LogP contribution in [-0.2, 0) is 0 Å². The normalized spacial score (nSPS) is 28.4. The molecule has 38 valence electrons. The Kier molecular flexibility index (Phi) is 1.90. The maximum Gasteiger partial charge on any atom is 0.0177 e. The summed E-state index contributed by atoms with van der Waals surface area (Å²) in [6, 6.07) is 0. The Balaban J connectivity index is 2.49. The fraction of sp³-hybridized carbons (Fsp3) is 0.200. The van der Waals surface area contributed by atoms with Gasteiger partial charge >= 0.3 is 0 Å². The minimum Gasteiger partial charge on any atom is -0.0915 e. The van der Waals surface area contributed by atoms with Gasteiger partial charge < -0.3 is 0 Å². The summed E-state index contributed by atoms with van der Waals surface area (Å²) >= 11 is 5.74. The van der Waals surface area contributed by atoms with Crippen molar-refractivity contribution in [1.82, 2.24) is 0 Å². The molecule has 1 unspecified atom stereocenters. The zero-order valence-corrected chi connectivity index (χ0v) is 5.49. The molecule has 1 heterocycles. The van der Waals surface area contributed by atoms with Gasteiger partial charge in [-0.3, -0.25) is 0 Å². The average molecular weight is 133 g/mol. The van der Waals surface area contributed by atoms with Crippen molar-refractivity contribution in [3.8, 4) is 0 Å². The fourth-order valence-corrected chi connectivity index (χ4v) is 1.61. The second-order valence-electron chi connectivity index (χ2n) is 1.35. The highest BCUT2D eigenvalue weighted by atomic mass is 35.7. The van der Waals surface area contributed by atoms with E-state index in [0.29, 0.717) is 0 Å². The minimum absolute atomic E-state index is 0.287. The van der Waals surface area contributed by atoms with Crippen LogP contribution in [0.25, 0.3) is 0 Å². The first kappa shape index (κ1) is 5.34. The van der Waals surface area contributed by atoms with Crippen LogP contribution in [0.3, 0.4) is 0 Å². The van der Waals surface area contributed by atoms with Crippen LogP contribution in [0.4, 0.5) is 0 Å². The van der Waals surface area contributed by atoms with E-state index in [1.165, 1.54) is 0 Å². The molecule has 1 rings (SSSR count). The van der Waals surface area contributed by atoms with Crippen LogP contribution < -0.4 is 0 Å². The summed E-state index contributed by atoms with van der Waals surface area (Å²) in [7, 11) is -0.287. The Morgan fingerprint density at radius 3 is 2.57 bits per heavy atom. The van der Waals surface area contributed by atoms with Crippen LogP contribution in [0.15, 0.2) is 24.0 Å². The quantitative estimate of drug-likeness (QED) is 0.445. The van der Waals surface area contributed by atoms with Crippen LogP contribution in [0.1, 0.15) is 0 Å². The van der Waals surface area contributed by atoms with Crippen molar-refractivity contribution < 1.29 is 0 Å². The van der Waals surface area contributed by atoms with Crippen LogP contribution >= 0.6 is 18.5 Å². The summed E-state index contributed by atoms with van der Waals surface area (Å²) in [6.45, 7) is 0. The second-order valence-corrected chi connectivity index (χ2v) is 4.12. The predicted molar refractivity (Wildman–Crippen MR) is 35.9 cm³/mol. The first-order valence-corrected chi connectivity index (χ1v) is 4.65. The van der Waals surface area contributed by atoms with Crippen molar-refractivity contribution in [3.63, 3.8) is 0 Å². The molecule has 0 aromatic carbocycles. The van der Waals surface area contributed by atoms with Gasteiger partial charge in [0, 0.05) is 13.4 Å². The maximum absolute atomic E-state index is 5.74. The second kappa shape index (κ2) is 2.49. The van der Waals surface area contributed by atoms with Gasteiger partial charge in [-0.25, -0.2) is 0 Å². The molecule has 1 aliphatic rings. The Bertz CT molecular complexity index is 107. The first-order chi connectivity index (χ1) is 3.39. The molecule has 0 nitrogen and oxygen atoms in total. The van der Waals surface area contributed by atoms with E-state index in [-0.39, 0.29) is 7.27 Å². The Hall–Kier alpha value is 0.200. The third-order valence-electron chi connectivity index (χ3n) is 0.775. The number of hydrogen-bond acceptors (Lipinski definition) is 0. The van der Waals surface area contributed by atoms with E-state index in [2.05, 4.69) is 11.9 Å². The SMILES string of the molecule is ClP1C=CC=CC1. The molecular weight excluding hydrogens is 126 g/mol. The molecule has 0 saturated carbocycles. The molecule has 0 aromatic rings. The molecule has 7 heavy (non-hydrogen) atoms. The lowest BCUT2D eigenvalue weighted by Gasteiger charge is -1.99. The molecule has 0 N–H and O–H groups in total. The number of rotatable bonds is 0. The fourth-order valence-electron chi connectivity index (χ4n) is 0.444. The summed E-state index contributed by atoms with van der Waals surface area (Å²) in [5.41, 5.74) is 0. The highest BCUT2D eigenvalue weighted by molar-refractivity contribution is 7.86. The Labute approximate surface area is 49.4 Å². The van der Waals surface area contributed by atoms with Gasteiger partial charge in [-0.1, -0.05) is 29.5 Å². The number of halogens is 1. The molecule has 0 amide bonds. The van der Waals surface area contributed by atoms with Crippen LogP contribution in [-0.4, -0.2) is 6.16 Å². The van der Waals surface area contributed by atoms with Crippen molar-refractivity contribution in [2.45, 2.75) is 0 Å². The van der Waals surface area contributed by atoms with Gasteiger partial charge in [0.15, 0.2) is 0 Å². The lowest BCUT2D eigenvalue weighted by atomic mass is 10.5. The van der Waals surface area contributed by atoms with Gasteiger partial charge in [-0.05, 0) is 5.82 Å². The number of hydrogen-bond donors (Lipinski definition) is 0. The Morgan fingerprint density at radius 2 is 2.29 bits per heavy atom. The molecular formula is C5H6ClP. The minimum atomic E-state index is -0.287. The lowest BCUT2D eigenvalue weighted by Crippen LogP contribution is -1.71. The summed E-state index contributed by atoms with van der Waals surface area (Å²) in [5.74, 6) is 2.05. The van der Waals surface area contributed by atoms with Crippen molar-refractivity contribution >= 4 is 18.5 Å². The van der Waals surface area contributed by atoms with Gasteiger partial charge in [0.2, 0.25) is 0 Å². The van der Waals surface area contributed by atoms with Gasteiger partial charge in [-0.2, -0.15) is 0 Å².